The first-order valence-electron chi connectivity index (χ1n) is 10.5. The van der Waals surface area contributed by atoms with E-state index in [1.165, 1.54) is 49.0 Å². The van der Waals surface area contributed by atoms with Crippen LogP contribution in [0.3, 0.4) is 0 Å². The van der Waals surface area contributed by atoms with Crippen molar-refractivity contribution in [2.24, 2.45) is 0 Å². The van der Waals surface area contributed by atoms with Crippen molar-refractivity contribution >= 4 is 17.6 Å². The van der Waals surface area contributed by atoms with Gasteiger partial charge in [-0.3, -0.25) is 4.90 Å². The third-order valence-corrected chi connectivity index (χ3v) is 6.93. The smallest absolute Gasteiger partial charge is 0.133 e. The van der Waals surface area contributed by atoms with Crippen LogP contribution in [0.15, 0.2) is 5.03 Å². The van der Waals surface area contributed by atoms with Gasteiger partial charge in [0.2, 0.25) is 0 Å². The Morgan fingerprint density at radius 3 is 2.44 bits per heavy atom. The molecule has 0 bridgehead atoms. The van der Waals surface area contributed by atoms with Gasteiger partial charge in [-0.15, -0.1) is 11.8 Å². The molecule has 0 amide bonds. The Morgan fingerprint density at radius 1 is 0.963 bits per heavy atom. The van der Waals surface area contributed by atoms with Gasteiger partial charge in [0.1, 0.15) is 16.9 Å². The van der Waals surface area contributed by atoms with Crippen LogP contribution in [0.2, 0.25) is 0 Å². The standard InChI is InChI=1S/C21H30N4OS/c22-16-19-17-6-2-3-7-18(17)20(25-8-4-1-5-9-25)23-21(19)27-15-12-24-10-13-26-14-11-24/h1-15H2. The second kappa shape index (κ2) is 9.27. The van der Waals surface area contributed by atoms with Crippen molar-refractivity contribution in [1.29, 1.82) is 5.26 Å². The minimum absolute atomic E-state index is 0.838. The van der Waals surface area contributed by atoms with E-state index < -0.39 is 0 Å². The number of ether oxygens (including phenoxy) is 1. The molecule has 1 aromatic rings. The molecule has 146 valence electrons. The predicted octanol–water partition coefficient (Wildman–Crippen LogP) is 3.25. The van der Waals surface area contributed by atoms with Gasteiger partial charge in [0.05, 0.1) is 18.8 Å². The fraction of sp³-hybridized carbons (Fsp3) is 0.714. The van der Waals surface area contributed by atoms with E-state index in [2.05, 4.69) is 15.9 Å². The number of piperidine rings is 1. The van der Waals surface area contributed by atoms with Crippen LogP contribution in [0.4, 0.5) is 5.82 Å². The molecule has 0 saturated carbocycles. The largest absolute Gasteiger partial charge is 0.379 e. The highest BCUT2D eigenvalue weighted by molar-refractivity contribution is 7.99. The molecule has 1 aliphatic carbocycles. The van der Waals surface area contributed by atoms with Gasteiger partial charge in [-0.1, -0.05) is 0 Å². The molecule has 0 radical (unpaired) electrons. The van der Waals surface area contributed by atoms with Crippen LogP contribution in [0.25, 0.3) is 0 Å². The highest BCUT2D eigenvalue weighted by atomic mass is 32.2. The van der Waals surface area contributed by atoms with Crippen LogP contribution in [0.1, 0.15) is 48.8 Å². The Kier molecular flexibility index (Phi) is 6.54. The quantitative estimate of drug-likeness (QED) is 0.724. The number of rotatable bonds is 5. The lowest BCUT2D eigenvalue weighted by molar-refractivity contribution is 0.0410. The molecule has 2 fully saturated rings. The summed E-state index contributed by atoms with van der Waals surface area (Å²) in [5.41, 5.74) is 3.53. The first-order chi connectivity index (χ1) is 13.4. The molecule has 0 unspecified atom stereocenters. The molecule has 27 heavy (non-hydrogen) atoms. The zero-order chi connectivity index (χ0) is 18.5. The summed E-state index contributed by atoms with van der Waals surface area (Å²) < 4.78 is 5.44. The van der Waals surface area contributed by atoms with E-state index in [4.69, 9.17) is 9.72 Å². The summed E-state index contributed by atoms with van der Waals surface area (Å²) in [6, 6.07) is 2.51. The molecule has 0 N–H and O–H groups in total. The van der Waals surface area contributed by atoms with Crippen molar-refractivity contribution < 1.29 is 4.74 Å². The zero-order valence-corrected chi connectivity index (χ0v) is 17.0. The first kappa shape index (κ1) is 19.0. The van der Waals surface area contributed by atoms with Crippen LogP contribution in [0.5, 0.6) is 0 Å². The number of fused-ring (bicyclic) bond motifs is 1. The molecule has 5 nitrogen and oxygen atoms in total. The molecule has 6 heteroatoms. The summed E-state index contributed by atoms with van der Waals surface area (Å²) >= 11 is 1.77. The molecule has 1 aromatic heterocycles. The first-order valence-corrected chi connectivity index (χ1v) is 11.5. The maximum atomic E-state index is 9.88. The molecule has 0 spiro atoms. The SMILES string of the molecule is N#Cc1c(SCCN2CCOCC2)nc(N2CCCCC2)c2c1CCCC2. The Balaban J connectivity index is 1.56. The van der Waals surface area contributed by atoms with Crippen molar-refractivity contribution in [3.8, 4) is 6.07 Å². The van der Waals surface area contributed by atoms with Crippen molar-refractivity contribution in [1.82, 2.24) is 9.88 Å². The lowest BCUT2D eigenvalue weighted by Gasteiger charge is -2.32. The lowest BCUT2D eigenvalue weighted by atomic mass is 9.89. The van der Waals surface area contributed by atoms with Gasteiger partial charge in [-0.2, -0.15) is 5.26 Å². The molecule has 4 rings (SSSR count). The molecule has 2 saturated heterocycles. The lowest BCUT2D eigenvalue weighted by Crippen LogP contribution is -2.37. The molecular weight excluding hydrogens is 356 g/mol. The minimum atomic E-state index is 0.838. The highest BCUT2D eigenvalue weighted by Crippen LogP contribution is 2.37. The van der Waals surface area contributed by atoms with Gasteiger partial charge in [0, 0.05) is 38.5 Å². The average molecular weight is 387 g/mol. The van der Waals surface area contributed by atoms with E-state index in [1.807, 2.05) is 0 Å². The van der Waals surface area contributed by atoms with Gasteiger partial charge >= 0.3 is 0 Å². The third kappa shape index (κ3) is 4.42. The Hall–Kier alpha value is -1.29. The molecule has 2 aliphatic heterocycles. The maximum Gasteiger partial charge on any atom is 0.133 e. The van der Waals surface area contributed by atoms with Crippen LogP contribution in [-0.2, 0) is 17.6 Å². The Bertz CT molecular complexity index is 690. The summed E-state index contributed by atoms with van der Waals surface area (Å²) in [7, 11) is 0. The number of nitrogens with zero attached hydrogens (tertiary/aromatic N) is 4. The fourth-order valence-electron chi connectivity index (χ4n) is 4.46. The van der Waals surface area contributed by atoms with E-state index >= 15 is 0 Å². The van der Waals surface area contributed by atoms with Gasteiger partial charge < -0.3 is 9.64 Å². The van der Waals surface area contributed by atoms with Crippen LogP contribution < -0.4 is 4.90 Å². The van der Waals surface area contributed by atoms with E-state index in [1.54, 1.807) is 11.8 Å². The normalized spacial score (nSPS) is 20.9. The van der Waals surface area contributed by atoms with Crippen molar-refractivity contribution in [3.63, 3.8) is 0 Å². The summed E-state index contributed by atoms with van der Waals surface area (Å²) in [6.07, 6.45) is 8.40. The van der Waals surface area contributed by atoms with Crippen LogP contribution in [-0.4, -0.2) is 61.6 Å². The Morgan fingerprint density at radius 2 is 1.70 bits per heavy atom. The fourth-order valence-corrected chi connectivity index (χ4v) is 5.47. The summed E-state index contributed by atoms with van der Waals surface area (Å²) in [5, 5.41) is 10.8. The van der Waals surface area contributed by atoms with Gasteiger partial charge in [0.15, 0.2) is 0 Å². The Labute approximate surface area is 167 Å². The topological polar surface area (TPSA) is 52.4 Å². The van der Waals surface area contributed by atoms with E-state index in [0.29, 0.717) is 0 Å². The number of nitriles is 1. The second-order valence-electron chi connectivity index (χ2n) is 7.74. The minimum Gasteiger partial charge on any atom is -0.379 e. The molecule has 0 aromatic carbocycles. The maximum absolute atomic E-state index is 9.88. The predicted molar refractivity (Wildman–Crippen MR) is 110 cm³/mol. The molecule has 3 heterocycles. The van der Waals surface area contributed by atoms with Gasteiger partial charge in [0.25, 0.3) is 0 Å². The number of hydrogen-bond donors (Lipinski definition) is 0. The number of aromatic nitrogens is 1. The summed E-state index contributed by atoms with van der Waals surface area (Å²) in [6.45, 7) is 6.97. The molecular formula is C21H30N4OS. The highest BCUT2D eigenvalue weighted by Gasteiger charge is 2.26. The molecule has 3 aliphatic rings. The van der Waals surface area contributed by atoms with Gasteiger partial charge in [-0.05, 0) is 56.1 Å². The second-order valence-corrected chi connectivity index (χ2v) is 8.83. The third-order valence-electron chi connectivity index (χ3n) is 5.98. The zero-order valence-electron chi connectivity index (χ0n) is 16.2. The van der Waals surface area contributed by atoms with Crippen molar-refractivity contribution in [3.05, 3.63) is 16.7 Å². The number of pyridine rings is 1. The number of morpholine rings is 1. The summed E-state index contributed by atoms with van der Waals surface area (Å²) in [5.74, 6) is 2.18. The van der Waals surface area contributed by atoms with Gasteiger partial charge in [-0.25, -0.2) is 4.98 Å². The van der Waals surface area contributed by atoms with E-state index in [-0.39, 0.29) is 0 Å². The van der Waals surface area contributed by atoms with Crippen LogP contribution in [0, 0.1) is 11.3 Å². The van der Waals surface area contributed by atoms with Crippen LogP contribution >= 0.6 is 11.8 Å². The average Bonchev–Trinajstić information content (AvgIpc) is 2.74. The van der Waals surface area contributed by atoms with Crippen molar-refractivity contribution in [2.45, 2.75) is 50.0 Å². The summed E-state index contributed by atoms with van der Waals surface area (Å²) in [4.78, 5) is 10.0. The molecule has 0 atom stereocenters. The number of anilines is 1. The number of hydrogen-bond acceptors (Lipinski definition) is 6. The number of thioether (sulfide) groups is 1. The van der Waals surface area contributed by atoms with Crippen molar-refractivity contribution in [2.75, 3.05) is 56.6 Å². The van der Waals surface area contributed by atoms with E-state index in [9.17, 15) is 5.26 Å². The monoisotopic (exact) mass is 386 g/mol. The van der Waals surface area contributed by atoms with E-state index in [0.717, 1.165) is 75.1 Å².